The summed E-state index contributed by atoms with van der Waals surface area (Å²) in [5.41, 5.74) is 0. The van der Waals surface area contributed by atoms with Crippen LogP contribution in [0.15, 0.2) is 17.2 Å². The molecule has 1 aliphatic rings. The number of hydrogen-bond donors (Lipinski definition) is 0. The highest BCUT2D eigenvalue weighted by Crippen LogP contribution is 2.26. The largest absolute Gasteiger partial charge is 0.338 e. The number of piperidine rings is 1. The van der Waals surface area contributed by atoms with Gasteiger partial charge in [0.2, 0.25) is 5.89 Å². The molecule has 3 heterocycles. The summed E-state index contributed by atoms with van der Waals surface area (Å²) >= 11 is 0. The fourth-order valence-electron chi connectivity index (χ4n) is 3.11. The van der Waals surface area contributed by atoms with Gasteiger partial charge >= 0.3 is 0 Å². The zero-order chi connectivity index (χ0) is 15.4. The molecular weight excluding hydrogens is 280 g/mol. The van der Waals surface area contributed by atoms with Crippen LogP contribution in [-0.2, 0) is 13.0 Å². The van der Waals surface area contributed by atoms with Crippen molar-refractivity contribution in [1.29, 1.82) is 0 Å². The summed E-state index contributed by atoms with van der Waals surface area (Å²) in [6, 6.07) is 0.177. The van der Waals surface area contributed by atoms with E-state index >= 15 is 0 Å². The van der Waals surface area contributed by atoms with Crippen LogP contribution in [0, 0.1) is 5.92 Å². The summed E-state index contributed by atoms with van der Waals surface area (Å²) < 4.78 is 7.36. The molecule has 7 nitrogen and oxygen atoms in total. The van der Waals surface area contributed by atoms with E-state index in [4.69, 9.17) is 4.52 Å². The molecular formula is C15H24N6O. The van der Waals surface area contributed by atoms with Crippen molar-refractivity contribution < 1.29 is 4.52 Å². The van der Waals surface area contributed by atoms with E-state index < -0.39 is 0 Å². The Morgan fingerprint density at radius 3 is 3.14 bits per heavy atom. The first-order valence-corrected chi connectivity index (χ1v) is 8.15. The van der Waals surface area contributed by atoms with Crippen molar-refractivity contribution in [1.82, 2.24) is 29.8 Å². The molecule has 0 spiro atoms. The minimum Gasteiger partial charge on any atom is -0.338 e. The Bertz CT molecular complexity index is 566. The van der Waals surface area contributed by atoms with Crippen molar-refractivity contribution in [3.8, 4) is 0 Å². The third-order valence-electron chi connectivity index (χ3n) is 4.32. The van der Waals surface area contributed by atoms with Crippen molar-refractivity contribution in [2.45, 2.75) is 52.1 Å². The Balaban J connectivity index is 1.60. The van der Waals surface area contributed by atoms with Crippen LogP contribution in [0.2, 0.25) is 0 Å². The predicted molar refractivity (Wildman–Crippen MR) is 81.0 cm³/mol. The van der Waals surface area contributed by atoms with Crippen LogP contribution in [0.3, 0.4) is 0 Å². The van der Waals surface area contributed by atoms with Crippen LogP contribution in [0.25, 0.3) is 0 Å². The molecule has 22 heavy (non-hydrogen) atoms. The third kappa shape index (κ3) is 3.52. The second-order valence-electron chi connectivity index (χ2n) is 6.10. The van der Waals surface area contributed by atoms with Gasteiger partial charge in [-0.1, -0.05) is 12.1 Å². The van der Waals surface area contributed by atoms with E-state index in [1.165, 1.54) is 12.8 Å². The Kier molecular flexibility index (Phi) is 4.82. The van der Waals surface area contributed by atoms with Gasteiger partial charge in [0, 0.05) is 19.5 Å². The van der Waals surface area contributed by atoms with Gasteiger partial charge in [-0.05, 0) is 38.6 Å². The molecule has 3 rings (SSSR count). The van der Waals surface area contributed by atoms with E-state index in [2.05, 4.69) is 39.0 Å². The smallest absolute Gasteiger partial charge is 0.243 e. The molecule has 7 heteroatoms. The molecule has 120 valence electrons. The molecule has 0 aromatic carbocycles. The van der Waals surface area contributed by atoms with Gasteiger partial charge < -0.3 is 4.52 Å². The van der Waals surface area contributed by atoms with Crippen molar-refractivity contribution in [3.63, 3.8) is 0 Å². The maximum atomic E-state index is 5.44. The lowest BCUT2D eigenvalue weighted by molar-refractivity contribution is 0.102. The average Bonchev–Trinajstić information content (AvgIpc) is 3.19. The molecule has 1 fully saturated rings. The predicted octanol–water partition coefficient (Wildman–Crippen LogP) is 2.09. The Labute approximate surface area is 130 Å². The first-order valence-electron chi connectivity index (χ1n) is 8.15. The van der Waals surface area contributed by atoms with Crippen molar-refractivity contribution in [2.24, 2.45) is 5.92 Å². The van der Waals surface area contributed by atoms with Crippen molar-refractivity contribution in [3.05, 3.63) is 24.4 Å². The summed E-state index contributed by atoms with van der Waals surface area (Å²) in [6.45, 7) is 7.32. The summed E-state index contributed by atoms with van der Waals surface area (Å²) in [7, 11) is 0. The summed E-state index contributed by atoms with van der Waals surface area (Å²) in [5, 5.41) is 8.27. The molecule has 0 amide bonds. The second-order valence-corrected chi connectivity index (χ2v) is 6.10. The number of hydrogen-bond acceptors (Lipinski definition) is 6. The van der Waals surface area contributed by atoms with Crippen LogP contribution in [-0.4, -0.2) is 42.9 Å². The van der Waals surface area contributed by atoms with Gasteiger partial charge in [-0.15, -0.1) is 0 Å². The van der Waals surface area contributed by atoms with E-state index in [0.29, 0.717) is 5.92 Å². The molecule has 2 aromatic rings. The average molecular weight is 304 g/mol. The molecule has 2 aromatic heterocycles. The van der Waals surface area contributed by atoms with Crippen molar-refractivity contribution >= 4 is 0 Å². The topological polar surface area (TPSA) is 72.9 Å². The van der Waals surface area contributed by atoms with Gasteiger partial charge in [-0.2, -0.15) is 10.1 Å². The Morgan fingerprint density at radius 1 is 1.45 bits per heavy atom. The van der Waals surface area contributed by atoms with Gasteiger partial charge in [0.05, 0.1) is 6.04 Å². The quantitative estimate of drug-likeness (QED) is 0.813. The molecule has 0 radical (unpaired) electrons. The highest BCUT2D eigenvalue weighted by molar-refractivity contribution is 4.93. The Hall–Kier alpha value is -1.76. The number of aryl methyl sites for hydroxylation is 1. The first-order chi connectivity index (χ1) is 10.8. The fourth-order valence-corrected chi connectivity index (χ4v) is 3.11. The second kappa shape index (κ2) is 7.00. The summed E-state index contributed by atoms with van der Waals surface area (Å²) in [4.78, 5) is 11.0. The van der Waals surface area contributed by atoms with E-state index in [1.807, 2.05) is 4.68 Å². The fraction of sp³-hybridized carbons (Fsp3) is 0.733. The van der Waals surface area contributed by atoms with E-state index in [-0.39, 0.29) is 6.04 Å². The minimum atomic E-state index is 0.177. The molecule has 0 N–H and O–H groups in total. The first kappa shape index (κ1) is 15.1. The number of rotatable bonds is 6. The van der Waals surface area contributed by atoms with E-state index in [0.717, 1.165) is 44.2 Å². The number of aromatic nitrogens is 5. The van der Waals surface area contributed by atoms with Crippen LogP contribution in [0.1, 0.15) is 50.9 Å². The minimum absolute atomic E-state index is 0.177. The summed E-state index contributed by atoms with van der Waals surface area (Å²) in [5.74, 6) is 2.15. The van der Waals surface area contributed by atoms with E-state index in [1.54, 1.807) is 12.7 Å². The molecule has 0 bridgehead atoms. The lowest BCUT2D eigenvalue weighted by atomic mass is 9.97. The van der Waals surface area contributed by atoms with Gasteiger partial charge in [-0.25, -0.2) is 4.98 Å². The highest BCUT2D eigenvalue weighted by Gasteiger charge is 2.27. The molecule has 0 aliphatic carbocycles. The lowest BCUT2D eigenvalue weighted by Crippen LogP contribution is -2.38. The zero-order valence-corrected chi connectivity index (χ0v) is 13.4. The Morgan fingerprint density at radius 2 is 2.36 bits per heavy atom. The van der Waals surface area contributed by atoms with Crippen LogP contribution in [0.5, 0.6) is 0 Å². The number of likely N-dealkylation sites (tertiary alicyclic amines) is 1. The van der Waals surface area contributed by atoms with Crippen LogP contribution < -0.4 is 0 Å². The molecule has 0 saturated carbocycles. The summed E-state index contributed by atoms with van der Waals surface area (Å²) in [6.07, 6.45) is 7.73. The van der Waals surface area contributed by atoms with E-state index in [9.17, 15) is 0 Å². The maximum Gasteiger partial charge on any atom is 0.243 e. The third-order valence-corrected chi connectivity index (χ3v) is 4.32. The van der Waals surface area contributed by atoms with Crippen LogP contribution in [0.4, 0.5) is 0 Å². The monoisotopic (exact) mass is 304 g/mol. The normalized spacial score (nSPS) is 21.1. The van der Waals surface area contributed by atoms with Gasteiger partial charge in [0.1, 0.15) is 12.7 Å². The lowest BCUT2D eigenvalue weighted by Gasteiger charge is -2.35. The SMILES string of the molecule is CCCc1noc([C@@H](C)N2CCC[C@H](Cn3cncn3)C2)n1. The molecule has 0 unspecified atom stereocenters. The van der Waals surface area contributed by atoms with Crippen molar-refractivity contribution in [2.75, 3.05) is 13.1 Å². The maximum absolute atomic E-state index is 5.44. The number of nitrogens with zero attached hydrogens (tertiary/aromatic N) is 6. The molecule has 1 saturated heterocycles. The molecule has 2 atom stereocenters. The van der Waals surface area contributed by atoms with Gasteiger partial charge in [0.25, 0.3) is 0 Å². The van der Waals surface area contributed by atoms with Gasteiger partial charge in [-0.3, -0.25) is 9.58 Å². The molecule has 1 aliphatic heterocycles. The van der Waals surface area contributed by atoms with Crippen LogP contribution >= 0.6 is 0 Å². The standard InChI is InChI=1S/C15H24N6O/c1-3-5-14-18-15(22-19-14)12(2)20-7-4-6-13(8-20)9-21-11-16-10-17-21/h10-13H,3-9H2,1-2H3/t12-,13+/m1/s1. The van der Waals surface area contributed by atoms with Gasteiger partial charge in [0.15, 0.2) is 5.82 Å². The highest BCUT2D eigenvalue weighted by atomic mass is 16.5. The zero-order valence-electron chi connectivity index (χ0n) is 13.4.